The fourth-order valence-corrected chi connectivity index (χ4v) is 2.17. The van der Waals surface area contributed by atoms with Gasteiger partial charge in [0.25, 0.3) is 0 Å². The van der Waals surface area contributed by atoms with Crippen molar-refractivity contribution >= 4 is 17.8 Å². The van der Waals surface area contributed by atoms with E-state index in [0.29, 0.717) is 12.6 Å². The molecule has 6 heteroatoms. The Hall–Kier alpha value is -0.810. The Labute approximate surface area is 131 Å². The van der Waals surface area contributed by atoms with Gasteiger partial charge in [0, 0.05) is 5.02 Å². The average molecular weight is 319 g/mol. The van der Waals surface area contributed by atoms with E-state index in [2.05, 4.69) is 12.1 Å². The highest BCUT2D eigenvalue weighted by Crippen LogP contribution is 2.07. The molecule has 1 aliphatic rings. The van der Waals surface area contributed by atoms with Gasteiger partial charge in [-0.25, -0.2) is 0 Å². The minimum atomic E-state index is 0. The second-order valence-electron chi connectivity index (χ2n) is 4.75. The van der Waals surface area contributed by atoms with Crippen LogP contribution in [-0.2, 0) is 9.57 Å². The summed E-state index contributed by atoms with van der Waals surface area (Å²) in [4.78, 5) is 6.88. The van der Waals surface area contributed by atoms with Gasteiger partial charge in [0.05, 0.1) is 19.4 Å². The molecule has 1 heterocycles. The van der Waals surface area contributed by atoms with Gasteiger partial charge in [-0.3, -0.25) is 0 Å². The van der Waals surface area contributed by atoms with Crippen LogP contribution in [0.1, 0.15) is 12.5 Å². The molecule has 1 aromatic rings. The molecule has 112 valence electrons. The number of hydrogen-bond donors (Lipinski definition) is 1. The summed E-state index contributed by atoms with van der Waals surface area (Å²) >= 11 is 5.81. The number of nitrogens with zero attached hydrogens (tertiary/aromatic N) is 1. The molecule has 1 fully saturated rings. The van der Waals surface area contributed by atoms with Crippen molar-refractivity contribution in [3.05, 3.63) is 34.9 Å². The van der Waals surface area contributed by atoms with Gasteiger partial charge in [-0.2, -0.15) is 0 Å². The summed E-state index contributed by atoms with van der Waals surface area (Å²) < 4.78 is 5.34. The molecule has 20 heavy (non-hydrogen) atoms. The number of morpholine rings is 1. The zero-order valence-electron chi connectivity index (χ0n) is 11.5. The maximum atomic E-state index is 5.81. The third-order valence-corrected chi connectivity index (χ3v) is 3.55. The van der Waals surface area contributed by atoms with Crippen LogP contribution in [0.5, 0.6) is 0 Å². The van der Waals surface area contributed by atoms with Crippen molar-refractivity contribution in [3.63, 3.8) is 0 Å². The van der Waals surface area contributed by atoms with E-state index in [9.17, 15) is 0 Å². The molecule has 1 aromatic carbocycles. The summed E-state index contributed by atoms with van der Waals surface area (Å²) in [6.07, 6.45) is 1.71. The molecule has 1 aliphatic heterocycles. The average Bonchev–Trinajstić information content (AvgIpc) is 2.46. The van der Waals surface area contributed by atoms with Crippen molar-refractivity contribution in [1.29, 1.82) is 0 Å². The zero-order valence-corrected chi connectivity index (χ0v) is 13.0. The molecule has 0 amide bonds. The van der Waals surface area contributed by atoms with Crippen LogP contribution in [0, 0.1) is 0 Å². The first kappa shape index (κ1) is 17.2. The summed E-state index contributed by atoms with van der Waals surface area (Å²) in [5.74, 6) is 0. The van der Waals surface area contributed by atoms with Crippen LogP contribution >= 0.6 is 11.6 Å². The lowest BCUT2D eigenvalue weighted by Crippen LogP contribution is -3.17. The van der Waals surface area contributed by atoms with Gasteiger partial charge in [-0.15, -0.1) is 0 Å². The van der Waals surface area contributed by atoms with E-state index in [0.717, 1.165) is 36.9 Å². The molecular weight excluding hydrogens is 299 g/mol. The van der Waals surface area contributed by atoms with Gasteiger partial charge in [0.15, 0.2) is 6.61 Å². The number of quaternary nitrogens is 1. The van der Waals surface area contributed by atoms with Crippen molar-refractivity contribution in [2.24, 2.45) is 5.16 Å². The van der Waals surface area contributed by atoms with Gasteiger partial charge in [-0.05, 0) is 24.6 Å². The van der Waals surface area contributed by atoms with Gasteiger partial charge in [-0.1, -0.05) is 28.9 Å². The smallest absolute Gasteiger partial charge is 0.168 e. The molecule has 0 aliphatic carbocycles. The third kappa shape index (κ3) is 5.67. The highest BCUT2D eigenvalue weighted by molar-refractivity contribution is 6.30. The largest absolute Gasteiger partial charge is 1.00 e. The molecule has 2 rings (SSSR count). The first-order valence-corrected chi connectivity index (χ1v) is 6.97. The third-order valence-electron chi connectivity index (χ3n) is 3.30. The van der Waals surface area contributed by atoms with E-state index in [-0.39, 0.29) is 12.4 Å². The van der Waals surface area contributed by atoms with Crippen LogP contribution in [0.2, 0.25) is 5.02 Å². The molecule has 0 saturated carbocycles. The summed E-state index contributed by atoms with van der Waals surface area (Å²) in [5, 5.41) is 4.72. The maximum Gasteiger partial charge on any atom is 0.168 e. The highest BCUT2D eigenvalue weighted by Gasteiger charge is 2.20. The molecule has 1 atom stereocenters. The van der Waals surface area contributed by atoms with E-state index in [1.54, 1.807) is 6.21 Å². The molecule has 0 aromatic heterocycles. The Balaban J connectivity index is 0.00000200. The normalized spacial score (nSPS) is 17.7. The van der Waals surface area contributed by atoms with E-state index in [1.165, 1.54) is 4.90 Å². The maximum absolute atomic E-state index is 5.81. The topological polar surface area (TPSA) is 35.3 Å². The quantitative estimate of drug-likeness (QED) is 0.503. The molecule has 0 radical (unpaired) electrons. The zero-order chi connectivity index (χ0) is 13.5. The Kier molecular flexibility index (Phi) is 7.92. The second kappa shape index (κ2) is 9.19. The lowest BCUT2D eigenvalue weighted by atomic mass is 10.2. The van der Waals surface area contributed by atoms with E-state index >= 15 is 0 Å². The van der Waals surface area contributed by atoms with Crippen molar-refractivity contribution in [2.45, 2.75) is 13.0 Å². The van der Waals surface area contributed by atoms with Gasteiger partial charge < -0.3 is 26.9 Å². The van der Waals surface area contributed by atoms with Gasteiger partial charge in [0.1, 0.15) is 19.1 Å². The number of nitrogens with one attached hydrogen (secondary N) is 1. The fraction of sp³-hybridized carbons (Fsp3) is 0.500. The van der Waals surface area contributed by atoms with Crippen LogP contribution < -0.4 is 17.3 Å². The van der Waals surface area contributed by atoms with Crippen molar-refractivity contribution in [1.82, 2.24) is 0 Å². The fourth-order valence-electron chi connectivity index (χ4n) is 2.05. The minimum absolute atomic E-state index is 0. The first-order chi connectivity index (χ1) is 9.25. The summed E-state index contributed by atoms with van der Waals surface area (Å²) in [5.41, 5.74) is 0.982. The highest BCUT2D eigenvalue weighted by atomic mass is 35.5. The molecule has 1 saturated heterocycles. The lowest BCUT2D eigenvalue weighted by molar-refractivity contribution is -0.931. The van der Waals surface area contributed by atoms with Gasteiger partial charge >= 0.3 is 0 Å². The van der Waals surface area contributed by atoms with Crippen LogP contribution in [-0.4, -0.2) is 45.2 Å². The number of halogens is 2. The standard InChI is InChI=1S/C14H19ClN2O2.ClH/c1-12(17-6-8-18-9-7-17)11-19-16-10-13-2-4-14(15)5-3-13;/h2-5,10,12H,6-9,11H2,1H3;1H/b16-10+;. The van der Waals surface area contributed by atoms with Crippen molar-refractivity contribution in [2.75, 3.05) is 32.9 Å². The second-order valence-corrected chi connectivity index (χ2v) is 5.19. The minimum Gasteiger partial charge on any atom is -1.00 e. The van der Waals surface area contributed by atoms with E-state index in [1.807, 2.05) is 24.3 Å². The lowest BCUT2D eigenvalue weighted by Gasteiger charge is -2.28. The number of benzene rings is 1. The van der Waals surface area contributed by atoms with Crippen LogP contribution in [0.25, 0.3) is 0 Å². The SMILES string of the molecule is CC(CO/N=C/c1ccc(Cl)cc1)[NH+]1CCOCC1.[Cl-]. The van der Waals surface area contributed by atoms with Crippen LogP contribution in [0.4, 0.5) is 0 Å². The van der Waals surface area contributed by atoms with Crippen LogP contribution in [0.15, 0.2) is 29.4 Å². The molecule has 0 bridgehead atoms. The molecule has 1 unspecified atom stereocenters. The Morgan fingerprint density at radius 1 is 1.35 bits per heavy atom. The van der Waals surface area contributed by atoms with Crippen molar-refractivity contribution < 1.29 is 26.9 Å². The van der Waals surface area contributed by atoms with E-state index < -0.39 is 0 Å². The number of oxime groups is 1. The Morgan fingerprint density at radius 3 is 2.65 bits per heavy atom. The molecule has 0 spiro atoms. The Morgan fingerprint density at radius 2 is 2.00 bits per heavy atom. The predicted octanol–water partition coefficient (Wildman–Crippen LogP) is -2.00. The summed E-state index contributed by atoms with van der Waals surface area (Å²) in [6.45, 7) is 6.58. The molecule has 1 N–H and O–H groups in total. The number of hydrogen-bond acceptors (Lipinski definition) is 3. The number of rotatable bonds is 5. The Bertz CT molecular complexity index is 406. The molecular formula is C14H20Cl2N2O2. The number of ether oxygens (including phenoxy) is 1. The predicted molar refractivity (Wildman–Crippen MR) is 76.0 cm³/mol. The summed E-state index contributed by atoms with van der Waals surface area (Å²) in [6, 6.07) is 7.93. The van der Waals surface area contributed by atoms with Gasteiger partial charge in [0.2, 0.25) is 0 Å². The molecule has 4 nitrogen and oxygen atoms in total. The monoisotopic (exact) mass is 318 g/mol. The van der Waals surface area contributed by atoms with Crippen molar-refractivity contribution in [3.8, 4) is 0 Å². The van der Waals surface area contributed by atoms with E-state index in [4.69, 9.17) is 21.2 Å². The first-order valence-electron chi connectivity index (χ1n) is 6.59. The van der Waals surface area contributed by atoms with Crippen LogP contribution in [0.3, 0.4) is 0 Å². The summed E-state index contributed by atoms with van der Waals surface area (Å²) in [7, 11) is 0.